The first-order valence-corrected chi connectivity index (χ1v) is 10.3. The number of hydrogen-bond acceptors (Lipinski definition) is 4. The number of hydrogen-bond donors (Lipinski definition) is 4. The highest BCUT2D eigenvalue weighted by molar-refractivity contribution is 5.85. The van der Waals surface area contributed by atoms with Gasteiger partial charge in [-0.25, -0.2) is 0 Å². The second-order valence-corrected chi connectivity index (χ2v) is 8.75. The van der Waals surface area contributed by atoms with E-state index >= 15 is 0 Å². The number of aliphatic hydroxyl groups is 2. The third-order valence-electron chi connectivity index (χ3n) is 6.07. The van der Waals surface area contributed by atoms with E-state index in [0.717, 1.165) is 31.5 Å². The van der Waals surface area contributed by atoms with Crippen molar-refractivity contribution >= 4 is 11.8 Å². The highest BCUT2D eigenvalue weighted by Gasteiger charge is 2.45. The quantitative estimate of drug-likeness (QED) is 0.345. The lowest BCUT2D eigenvalue weighted by molar-refractivity contribution is -0.137. The van der Waals surface area contributed by atoms with Gasteiger partial charge >= 0.3 is 5.97 Å². The van der Waals surface area contributed by atoms with E-state index in [0.29, 0.717) is 19.4 Å². The van der Waals surface area contributed by atoms with Crippen LogP contribution >= 0.6 is 0 Å². The molecule has 4 N–H and O–H groups in total. The van der Waals surface area contributed by atoms with Gasteiger partial charge in [0.15, 0.2) is 0 Å². The fourth-order valence-electron chi connectivity index (χ4n) is 4.19. The Morgan fingerprint density at radius 2 is 2.15 bits per heavy atom. The van der Waals surface area contributed by atoms with Gasteiger partial charge in [-0.1, -0.05) is 45.8 Å². The normalized spacial score (nSPS) is 30.6. The minimum absolute atomic E-state index is 0.0193. The molecule has 1 saturated heterocycles. The molecule has 27 heavy (non-hydrogen) atoms. The Labute approximate surface area is 162 Å². The van der Waals surface area contributed by atoms with Crippen LogP contribution < -0.4 is 5.32 Å². The molecule has 154 valence electrons. The zero-order valence-electron chi connectivity index (χ0n) is 16.9. The van der Waals surface area contributed by atoms with Gasteiger partial charge in [0.25, 0.3) is 0 Å². The Balaban J connectivity index is 1.92. The summed E-state index contributed by atoms with van der Waals surface area (Å²) in [6.45, 7) is 6.85. The van der Waals surface area contributed by atoms with E-state index < -0.39 is 18.2 Å². The Morgan fingerprint density at radius 1 is 1.41 bits per heavy atom. The van der Waals surface area contributed by atoms with Crippen LogP contribution in [0.4, 0.5) is 0 Å². The van der Waals surface area contributed by atoms with E-state index in [-0.39, 0.29) is 29.7 Å². The van der Waals surface area contributed by atoms with Crippen LogP contribution in [0.5, 0.6) is 0 Å². The lowest BCUT2D eigenvalue weighted by atomic mass is 9.80. The largest absolute Gasteiger partial charge is 0.481 e. The second-order valence-electron chi connectivity index (χ2n) is 8.75. The average Bonchev–Trinajstić information content (AvgIpc) is 3.11. The van der Waals surface area contributed by atoms with Crippen LogP contribution in [0.2, 0.25) is 0 Å². The van der Waals surface area contributed by atoms with Crippen molar-refractivity contribution in [1.29, 1.82) is 0 Å². The molecule has 5 unspecified atom stereocenters. The summed E-state index contributed by atoms with van der Waals surface area (Å²) in [4.78, 5) is 15.1. The molecule has 2 rings (SSSR count). The number of carboxylic acids is 1. The van der Waals surface area contributed by atoms with Crippen LogP contribution in [-0.4, -0.2) is 51.9 Å². The van der Waals surface area contributed by atoms with E-state index in [2.05, 4.69) is 31.1 Å². The second kappa shape index (κ2) is 9.69. The minimum Gasteiger partial charge on any atom is -0.481 e. The monoisotopic (exact) mass is 380 g/mol. The summed E-state index contributed by atoms with van der Waals surface area (Å²) in [5.41, 5.74) is -0.167. The predicted molar refractivity (Wildman–Crippen MR) is 107 cm³/mol. The van der Waals surface area contributed by atoms with Crippen molar-refractivity contribution in [3.05, 3.63) is 12.2 Å². The topological polar surface area (TPSA) is 102 Å². The molecule has 2 fully saturated rings. The lowest BCUT2D eigenvalue weighted by Gasteiger charge is -2.29. The highest BCUT2D eigenvalue weighted by atomic mass is 16.4. The van der Waals surface area contributed by atoms with E-state index in [1.54, 1.807) is 0 Å². The third-order valence-corrected chi connectivity index (χ3v) is 6.07. The van der Waals surface area contributed by atoms with Crippen molar-refractivity contribution in [2.75, 3.05) is 6.54 Å². The number of aliphatic carboxylic acids is 1. The molecule has 0 aromatic carbocycles. The Hall–Kier alpha value is -1.40. The number of nitrogens with zero attached hydrogens (tertiary/aromatic N) is 1. The molecule has 1 aliphatic carbocycles. The molecule has 0 radical (unpaired) electrons. The summed E-state index contributed by atoms with van der Waals surface area (Å²) in [5.74, 6) is 0.427. The van der Waals surface area contributed by atoms with Crippen LogP contribution in [0.25, 0.3) is 0 Å². The molecule has 6 heteroatoms. The number of nitrogens with one attached hydrogen (secondary N) is 1. The maximum atomic E-state index is 10.6. The van der Waals surface area contributed by atoms with E-state index in [4.69, 9.17) is 5.11 Å². The molecular weight excluding hydrogens is 344 g/mol. The standard InChI is InChI=1S/C21H36N2O4/c1-4-5-10-21(2,3)18(25)9-8-14-15-12-19(22-11-6-7-20(26)27)23-16(15)13-17(14)24/h8-9,14-18,24-25H,4-7,10-13H2,1-3H3,(H,22,23)(H,26,27). The zero-order chi connectivity index (χ0) is 20.0. The molecule has 0 amide bonds. The van der Waals surface area contributed by atoms with Crippen LogP contribution in [0.1, 0.15) is 65.7 Å². The number of carbonyl (C=O) groups is 1. The molecule has 1 saturated carbocycles. The fraction of sp³-hybridized carbons (Fsp3) is 0.810. The first kappa shape index (κ1) is 21.9. The number of unbranched alkanes of at least 4 members (excludes halogenated alkanes) is 1. The van der Waals surface area contributed by atoms with Crippen molar-refractivity contribution < 1.29 is 20.1 Å². The summed E-state index contributed by atoms with van der Waals surface area (Å²) in [7, 11) is 0. The Morgan fingerprint density at radius 3 is 2.81 bits per heavy atom. The first-order chi connectivity index (χ1) is 12.7. The smallest absolute Gasteiger partial charge is 0.303 e. The maximum absolute atomic E-state index is 10.6. The van der Waals surface area contributed by atoms with Crippen molar-refractivity contribution in [1.82, 2.24) is 5.32 Å². The van der Waals surface area contributed by atoms with Crippen LogP contribution in [0, 0.1) is 17.3 Å². The van der Waals surface area contributed by atoms with Gasteiger partial charge in [0.05, 0.1) is 18.0 Å². The summed E-state index contributed by atoms with van der Waals surface area (Å²) in [5, 5.41) is 33.1. The minimum atomic E-state index is -0.791. The van der Waals surface area contributed by atoms with Gasteiger partial charge in [0.2, 0.25) is 0 Å². The molecular formula is C21H36N2O4. The van der Waals surface area contributed by atoms with E-state index in [1.165, 1.54) is 0 Å². The van der Waals surface area contributed by atoms with Gasteiger partial charge in [0.1, 0.15) is 0 Å². The molecule has 0 spiro atoms. The summed E-state index contributed by atoms with van der Waals surface area (Å²) < 4.78 is 0. The van der Waals surface area contributed by atoms with Crippen LogP contribution in [0.3, 0.4) is 0 Å². The van der Waals surface area contributed by atoms with Crippen LogP contribution in [-0.2, 0) is 4.79 Å². The summed E-state index contributed by atoms with van der Waals surface area (Å²) in [6, 6.07) is 0.207. The fourth-order valence-corrected chi connectivity index (χ4v) is 4.19. The zero-order valence-corrected chi connectivity index (χ0v) is 16.9. The number of aliphatic imine (C=N–C) groups is 1. The van der Waals surface area contributed by atoms with E-state index in [9.17, 15) is 15.0 Å². The van der Waals surface area contributed by atoms with Gasteiger partial charge in [0, 0.05) is 31.3 Å². The summed E-state index contributed by atoms with van der Waals surface area (Å²) in [6.07, 6.45) is 8.28. The molecule has 0 bridgehead atoms. The predicted octanol–water partition coefficient (Wildman–Crippen LogP) is 2.74. The first-order valence-electron chi connectivity index (χ1n) is 10.3. The van der Waals surface area contributed by atoms with Gasteiger partial charge < -0.3 is 20.6 Å². The van der Waals surface area contributed by atoms with Crippen molar-refractivity contribution in [2.24, 2.45) is 22.2 Å². The SMILES string of the molecule is CCCCC(C)(C)C(O)C=CC1C(O)CC2NC(=NCCCC(=O)O)CC21. The number of fused-ring (bicyclic) bond motifs is 1. The van der Waals surface area contributed by atoms with E-state index in [1.807, 2.05) is 12.2 Å². The molecule has 1 heterocycles. The van der Waals surface area contributed by atoms with Gasteiger partial charge in [-0.3, -0.25) is 9.79 Å². The highest BCUT2D eigenvalue weighted by Crippen LogP contribution is 2.40. The number of carboxylic acid groups (broad SMARTS) is 1. The molecule has 2 aliphatic rings. The molecule has 5 atom stereocenters. The molecule has 1 aliphatic heterocycles. The van der Waals surface area contributed by atoms with Crippen LogP contribution in [0.15, 0.2) is 17.1 Å². The number of amidine groups is 1. The number of aliphatic hydroxyl groups excluding tert-OH is 2. The van der Waals surface area contributed by atoms with Gasteiger partial charge in [-0.2, -0.15) is 0 Å². The number of rotatable bonds is 10. The van der Waals surface area contributed by atoms with Crippen molar-refractivity contribution in [3.63, 3.8) is 0 Å². The Bertz CT molecular complexity index is 558. The average molecular weight is 381 g/mol. The lowest BCUT2D eigenvalue weighted by Crippen LogP contribution is -2.28. The molecule has 0 aromatic rings. The summed E-state index contributed by atoms with van der Waals surface area (Å²) >= 11 is 0. The maximum Gasteiger partial charge on any atom is 0.303 e. The molecule has 0 aromatic heterocycles. The Kier molecular flexibility index (Phi) is 7.86. The van der Waals surface area contributed by atoms with Gasteiger partial charge in [-0.05, 0) is 30.6 Å². The van der Waals surface area contributed by atoms with Crippen molar-refractivity contribution in [2.45, 2.75) is 84.0 Å². The van der Waals surface area contributed by atoms with Crippen molar-refractivity contribution in [3.8, 4) is 0 Å². The molecule has 6 nitrogen and oxygen atoms in total. The third kappa shape index (κ3) is 6.04. The van der Waals surface area contributed by atoms with Gasteiger partial charge in [-0.15, -0.1) is 0 Å².